The molecular formula is C33H34N6O4. The molecule has 5 aromatic rings. The first-order chi connectivity index (χ1) is 20.9. The minimum Gasteiger partial charge on any atom is -0.497 e. The third-order valence-electron chi connectivity index (χ3n) is 7.93. The number of anilines is 1. The number of hydrogen-bond acceptors (Lipinski definition) is 8. The lowest BCUT2D eigenvalue weighted by atomic mass is 9.99. The number of carbonyl (C=O) groups is 1. The van der Waals surface area contributed by atoms with Gasteiger partial charge in [-0.25, -0.2) is 14.8 Å². The van der Waals surface area contributed by atoms with Crippen molar-refractivity contribution in [1.29, 1.82) is 0 Å². The summed E-state index contributed by atoms with van der Waals surface area (Å²) < 4.78 is 18.5. The maximum atomic E-state index is 11.5. The Kier molecular flexibility index (Phi) is 7.58. The Morgan fingerprint density at radius 2 is 1.79 bits per heavy atom. The number of methoxy groups -OCH3 is 2. The lowest BCUT2D eigenvalue weighted by Gasteiger charge is -2.39. The molecule has 220 valence electrons. The summed E-state index contributed by atoms with van der Waals surface area (Å²) in [4.78, 5) is 23.5. The Hall–Kier alpha value is -5.12. The Balaban J connectivity index is 1.40. The van der Waals surface area contributed by atoms with Crippen molar-refractivity contribution in [3.05, 3.63) is 83.6 Å². The summed E-state index contributed by atoms with van der Waals surface area (Å²) in [6.45, 7) is 5.94. The van der Waals surface area contributed by atoms with E-state index in [4.69, 9.17) is 29.3 Å². The lowest BCUT2D eigenvalue weighted by Crippen LogP contribution is -2.54. The van der Waals surface area contributed by atoms with Crippen LogP contribution in [0, 0.1) is 13.8 Å². The third-order valence-corrected chi connectivity index (χ3v) is 7.93. The van der Waals surface area contributed by atoms with Gasteiger partial charge in [-0.2, -0.15) is 5.10 Å². The number of hydrogen-bond donors (Lipinski definition) is 1. The van der Waals surface area contributed by atoms with Gasteiger partial charge in [0.25, 0.3) is 0 Å². The average Bonchev–Trinajstić information content (AvgIpc) is 3.36. The maximum Gasteiger partial charge on any atom is 0.407 e. The monoisotopic (exact) mass is 578 g/mol. The zero-order valence-electron chi connectivity index (χ0n) is 24.9. The van der Waals surface area contributed by atoms with Gasteiger partial charge in [-0.15, -0.1) is 0 Å². The Bertz CT molecular complexity index is 1780. The fourth-order valence-electron chi connectivity index (χ4n) is 5.28. The predicted octanol–water partition coefficient (Wildman–Crippen LogP) is 5.39. The molecule has 1 N–H and O–H groups in total. The second-order valence-corrected chi connectivity index (χ2v) is 10.6. The predicted molar refractivity (Wildman–Crippen MR) is 166 cm³/mol. The van der Waals surface area contributed by atoms with Crippen LogP contribution in [0.2, 0.25) is 0 Å². The molecule has 1 fully saturated rings. The van der Waals surface area contributed by atoms with E-state index in [1.165, 1.54) is 5.56 Å². The van der Waals surface area contributed by atoms with Gasteiger partial charge in [0.1, 0.15) is 40.3 Å². The van der Waals surface area contributed by atoms with Crippen LogP contribution < -0.4 is 19.7 Å². The van der Waals surface area contributed by atoms with Gasteiger partial charge in [-0.05, 0) is 54.8 Å². The molecule has 3 aromatic heterocycles. The molecule has 1 aliphatic rings. The lowest BCUT2D eigenvalue weighted by molar-refractivity contribution is 0.0823. The highest BCUT2D eigenvalue weighted by molar-refractivity contribution is 5.93. The summed E-state index contributed by atoms with van der Waals surface area (Å²) in [7, 11) is 4.88. The highest BCUT2D eigenvalue weighted by Crippen LogP contribution is 2.37. The molecule has 0 aliphatic carbocycles. The number of nitrogens with one attached hydrogen (secondary N) is 1. The van der Waals surface area contributed by atoms with Crippen LogP contribution in [0.1, 0.15) is 16.7 Å². The largest absolute Gasteiger partial charge is 0.497 e. The quantitative estimate of drug-likeness (QED) is 0.262. The normalized spacial score (nSPS) is 13.1. The highest BCUT2D eigenvalue weighted by atomic mass is 16.6. The van der Waals surface area contributed by atoms with Crippen molar-refractivity contribution in [3.8, 4) is 34.0 Å². The molecule has 1 aliphatic heterocycles. The summed E-state index contributed by atoms with van der Waals surface area (Å²) in [6.07, 6.45) is 1.25. The zero-order chi connectivity index (χ0) is 30.1. The molecule has 1 saturated heterocycles. The summed E-state index contributed by atoms with van der Waals surface area (Å²) in [5.41, 5.74) is 8.42. The first kappa shape index (κ1) is 28.0. The third kappa shape index (κ3) is 5.43. The van der Waals surface area contributed by atoms with Crippen LogP contribution in [0.5, 0.6) is 11.5 Å². The van der Waals surface area contributed by atoms with Gasteiger partial charge >= 0.3 is 6.09 Å². The van der Waals surface area contributed by atoms with Crippen molar-refractivity contribution in [3.63, 3.8) is 0 Å². The van der Waals surface area contributed by atoms with Crippen molar-refractivity contribution in [2.45, 2.75) is 26.5 Å². The molecule has 10 heteroatoms. The molecule has 4 heterocycles. The Morgan fingerprint density at radius 3 is 2.47 bits per heavy atom. The van der Waals surface area contributed by atoms with Gasteiger partial charge in [0, 0.05) is 30.4 Å². The molecule has 43 heavy (non-hydrogen) atoms. The van der Waals surface area contributed by atoms with Gasteiger partial charge in [-0.1, -0.05) is 30.3 Å². The topological polar surface area (TPSA) is 104 Å². The fraction of sp³-hybridized carbons (Fsp3) is 0.273. The van der Waals surface area contributed by atoms with Gasteiger partial charge in [-0.3, -0.25) is 4.68 Å². The minimum atomic E-state index is -0.422. The zero-order valence-corrected chi connectivity index (χ0v) is 24.9. The smallest absolute Gasteiger partial charge is 0.407 e. The van der Waals surface area contributed by atoms with Crippen LogP contribution in [0.25, 0.3) is 33.5 Å². The molecule has 6 rings (SSSR count). The average molecular weight is 579 g/mol. The van der Waals surface area contributed by atoms with E-state index >= 15 is 0 Å². The van der Waals surface area contributed by atoms with Crippen molar-refractivity contribution >= 4 is 22.9 Å². The molecule has 0 spiro atoms. The standard InChI is InChI=1S/C33H34N6O4/c1-20-7-6-8-26(21(20)2)31-28(42-5)15-27-32(36-31)30(37-39(27)17-22-9-12-24(41-4)13-10-22)23-11-14-29(35-16-23)38-18-25(19-38)43-33(40)34-3/h6-16,25H,17-19H2,1-5H3,(H,34,40). The summed E-state index contributed by atoms with van der Waals surface area (Å²) >= 11 is 0. The van der Waals surface area contributed by atoms with E-state index in [0.717, 1.165) is 56.2 Å². The van der Waals surface area contributed by atoms with Crippen LogP contribution in [0.4, 0.5) is 10.6 Å². The van der Waals surface area contributed by atoms with E-state index < -0.39 is 6.09 Å². The molecule has 0 bridgehead atoms. The SMILES string of the molecule is CNC(=O)OC1CN(c2ccc(-c3nn(Cc4ccc(OC)cc4)c4cc(OC)c(-c5cccc(C)c5C)nc34)cn2)C1. The van der Waals surface area contributed by atoms with E-state index in [9.17, 15) is 4.79 Å². The van der Waals surface area contributed by atoms with Crippen LogP contribution in [0.3, 0.4) is 0 Å². The van der Waals surface area contributed by atoms with Crippen LogP contribution >= 0.6 is 0 Å². The van der Waals surface area contributed by atoms with Gasteiger partial charge in [0.05, 0.1) is 39.4 Å². The molecule has 0 unspecified atom stereocenters. The number of benzene rings is 2. The number of rotatable bonds is 8. The van der Waals surface area contributed by atoms with E-state index in [2.05, 4.69) is 36.2 Å². The number of alkyl carbamates (subject to hydrolysis) is 1. The van der Waals surface area contributed by atoms with Crippen LogP contribution in [0.15, 0.2) is 66.9 Å². The van der Waals surface area contributed by atoms with Crippen LogP contribution in [-0.2, 0) is 11.3 Å². The molecule has 0 radical (unpaired) electrons. The van der Waals surface area contributed by atoms with Crippen molar-refractivity contribution in [2.75, 3.05) is 39.3 Å². The van der Waals surface area contributed by atoms with E-state index in [1.54, 1.807) is 21.3 Å². The van der Waals surface area contributed by atoms with Crippen molar-refractivity contribution < 1.29 is 19.0 Å². The number of carbonyl (C=O) groups excluding carboxylic acids is 1. The van der Waals surface area contributed by atoms with Crippen molar-refractivity contribution in [2.24, 2.45) is 0 Å². The highest BCUT2D eigenvalue weighted by Gasteiger charge is 2.31. The molecular weight excluding hydrogens is 544 g/mol. The van der Waals surface area contributed by atoms with E-state index in [-0.39, 0.29) is 6.10 Å². The molecule has 1 amide bonds. The number of pyridine rings is 2. The van der Waals surface area contributed by atoms with Gasteiger partial charge in [0.2, 0.25) is 0 Å². The fourth-order valence-corrected chi connectivity index (χ4v) is 5.28. The number of ether oxygens (including phenoxy) is 3. The first-order valence-corrected chi connectivity index (χ1v) is 14.1. The number of fused-ring (bicyclic) bond motifs is 1. The second-order valence-electron chi connectivity index (χ2n) is 10.6. The van der Waals surface area contributed by atoms with Gasteiger partial charge < -0.3 is 24.4 Å². The number of nitrogens with zero attached hydrogens (tertiary/aromatic N) is 5. The molecule has 10 nitrogen and oxygen atoms in total. The minimum absolute atomic E-state index is 0.151. The van der Waals surface area contributed by atoms with Crippen LogP contribution in [-0.4, -0.2) is 66.3 Å². The van der Waals surface area contributed by atoms with E-state index in [1.807, 2.05) is 59.4 Å². The Labute approximate surface area is 250 Å². The molecule has 2 aromatic carbocycles. The van der Waals surface area contributed by atoms with E-state index in [0.29, 0.717) is 25.4 Å². The first-order valence-electron chi connectivity index (χ1n) is 14.1. The summed E-state index contributed by atoms with van der Waals surface area (Å²) in [5, 5.41) is 7.54. The number of aromatic nitrogens is 4. The Morgan fingerprint density at radius 1 is 1.00 bits per heavy atom. The number of amides is 1. The van der Waals surface area contributed by atoms with Crippen molar-refractivity contribution in [1.82, 2.24) is 25.1 Å². The summed E-state index contributed by atoms with van der Waals surface area (Å²) in [5.74, 6) is 2.30. The summed E-state index contributed by atoms with van der Waals surface area (Å²) in [6, 6.07) is 20.2. The molecule has 0 atom stereocenters. The number of aryl methyl sites for hydroxylation is 1. The molecule has 0 saturated carbocycles. The second kappa shape index (κ2) is 11.6. The maximum absolute atomic E-state index is 11.5. The van der Waals surface area contributed by atoms with Gasteiger partial charge in [0.15, 0.2) is 0 Å².